The third-order valence-corrected chi connectivity index (χ3v) is 5.08. The Hall–Kier alpha value is -1.46. The first-order valence-corrected chi connectivity index (χ1v) is 8.73. The van der Waals surface area contributed by atoms with Crippen molar-refractivity contribution in [2.24, 2.45) is 0 Å². The maximum atomic E-state index is 5.38. The quantitative estimate of drug-likeness (QED) is 0.477. The first-order chi connectivity index (χ1) is 10.2. The van der Waals surface area contributed by atoms with E-state index in [0.717, 1.165) is 15.7 Å². The summed E-state index contributed by atoms with van der Waals surface area (Å²) < 4.78 is 5.38. The molecule has 3 nitrogen and oxygen atoms in total. The zero-order valence-corrected chi connectivity index (χ0v) is 13.8. The molecule has 2 heterocycles. The SMILES string of the molecule is COc1nc(SC)nc2c1C=CC(c1ccc(C)cc1)S2. The number of aromatic nitrogens is 2. The highest BCUT2D eigenvalue weighted by molar-refractivity contribution is 8.00. The normalized spacial score (nSPS) is 16.6. The number of methoxy groups -OCH3 is 1. The van der Waals surface area contributed by atoms with Gasteiger partial charge in [-0.05, 0) is 24.8 Å². The van der Waals surface area contributed by atoms with Gasteiger partial charge < -0.3 is 4.74 Å². The number of fused-ring (bicyclic) bond motifs is 1. The van der Waals surface area contributed by atoms with Crippen LogP contribution in [0.4, 0.5) is 0 Å². The summed E-state index contributed by atoms with van der Waals surface area (Å²) in [5, 5.41) is 2.02. The molecule has 0 N–H and O–H groups in total. The second-order valence-electron chi connectivity index (χ2n) is 4.75. The van der Waals surface area contributed by atoms with E-state index in [1.165, 1.54) is 22.9 Å². The summed E-state index contributed by atoms with van der Waals surface area (Å²) in [5.41, 5.74) is 3.54. The number of thioether (sulfide) groups is 2. The fourth-order valence-electron chi connectivity index (χ4n) is 2.17. The van der Waals surface area contributed by atoms with Crippen LogP contribution in [0.2, 0.25) is 0 Å². The first-order valence-electron chi connectivity index (χ1n) is 6.62. The Kier molecular flexibility index (Phi) is 4.22. The molecule has 1 aromatic heterocycles. The minimum atomic E-state index is 0.285. The van der Waals surface area contributed by atoms with Crippen LogP contribution < -0.4 is 4.74 Å². The average Bonchev–Trinajstić information content (AvgIpc) is 2.53. The smallest absolute Gasteiger partial charge is 0.225 e. The van der Waals surface area contributed by atoms with Crippen molar-refractivity contribution in [2.45, 2.75) is 22.4 Å². The van der Waals surface area contributed by atoms with Crippen molar-refractivity contribution in [1.82, 2.24) is 9.97 Å². The molecule has 3 rings (SSSR count). The molecule has 1 aliphatic rings. The molecule has 1 aromatic carbocycles. The lowest BCUT2D eigenvalue weighted by Crippen LogP contribution is -2.03. The molecule has 108 valence electrons. The highest BCUT2D eigenvalue weighted by Crippen LogP contribution is 2.44. The lowest BCUT2D eigenvalue weighted by atomic mass is 10.1. The Labute approximate surface area is 133 Å². The Bertz CT molecular complexity index is 683. The van der Waals surface area contributed by atoms with E-state index >= 15 is 0 Å². The maximum absolute atomic E-state index is 5.38. The van der Waals surface area contributed by atoms with E-state index in [4.69, 9.17) is 4.74 Å². The Balaban J connectivity index is 1.97. The Morgan fingerprint density at radius 1 is 1.19 bits per heavy atom. The lowest BCUT2D eigenvalue weighted by molar-refractivity contribution is 0.388. The number of rotatable bonds is 3. The summed E-state index contributed by atoms with van der Waals surface area (Å²) in [4.78, 5) is 9.01. The molecule has 0 saturated carbocycles. The van der Waals surface area contributed by atoms with Crippen molar-refractivity contribution in [2.75, 3.05) is 13.4 Å². The van der Waals surface area contributed by atoms with Crippen molar-refractivity contribution in [1.29, 1.82) is 0 Å². The molecule has 5 heteroatoms. The topological polar surface area (TPSA) is 35.0 Å². The van der Waals surface area contributed by atoms with Crippen molar-refractivity contribution >= 4 is 29.6 Å². The van der Waals surface area contributed by atoms with Gasteiger partial charge in [0.05, 0.1) is 17.9 Å². The maximum Gasteiger partial charge on any atom is 0.225 e. The summed E-state index contributed by atoms with van der Waals surface area (Å²) in [5.74, 6) is 0.649. The van der Waals surface area contributed by atoms with Crippen molar-refractivity contribution in [3.05, 3.63) is 47.0 Å². The van der Waals surface area contributed by atoms with Gasteiger partial charge in [0.15, 0.2) is 5.16 Å². The third-order valence-electron chi connectivity index (χ3n) is 3.31. The minimum Gasteiger partial charge on any atom is -0.480 e. The van der Waals surface area contributed by atoms with E-state index in [9.17, 15) is 0 Å². The molecule has 0 fully saturated rings. The Morgan fingerprint density at radius 2 is 1.95 bits per heavy atom. The van der Waals surface area contributed by atoms with Crippen LogP contribution in [0.15, 0.2) is 40.5 Å². The highest BCUT2D eigenvalue weighted by Gasteiger charge is 2.22. The molecular formula is C16H16N2OS2. The number of hydrogen-bond acceptors (Lipinski definition) is 5. The zero-order valence-electron chi connectivity index (χ0n) is 12.2. The lowest BCUT2D eigenvalue weighted by Gasteiger charge is -2.20. The third kappa shape index (κ3) is 2.94. The molecule has 0 bridgehead atoms. The summed E-state index contributed by atoms with van der Waals surface area (Å²) in [6.07, 6.45) is 6.23. The fraction of sp³-hybridized carbons (Fsp3) is 0.250. The summed E-state index contributed by atoms with van der Waals surface area (Å²) in [6, 6.07) is 8.65. The molecule has 2 aromatic rings. The number of nitrogens with zero attached hydrogens (tertiary/aromatic N) is 2. The van der Waals surface area contributed by atoms with Gasteiger partial charge >= 0.3 is 0 Å². The average molecular weight is 316 g/mol. The van der Waals surface area contributed by atoms with Crippen molar-refractivity contribution < 1.29 is 4.74 Å². The van der Waals surface area contributed by atoms with Gasteiger partial charge in [-0.3, -0.25) is 0 Å². The molecule has 1 aliphatic heterocycles. The van der Waals surface area contributed by atoms with Gasteiger partial charge in [0.25, 0.3) is 0 Å². The second-order valence-corrected chi connectivity index (χ2v) is 6.65. The molecule has 0 spiro atoms. The highest BCUT2D eigenvalue weighted by atomic mass is 32.2. The van der Waals surface area contributed by atoms with Crippen LogP contribution in [-0.2, 0) is 0 Å². The summed E-state index contributed by atoms with van der Waals surface area (Å²) in [6.45, 7) is 2.10. The van der Waals surface area contributed by atoms with Crippen LogP contribution in [0.25, 0.3) is 6.08 Å². The number of hydrogen-bond donors (Lipinski definition) is 0. The molecular weight excluding hydrogens is 300 g/mol. The van der Waals surface area contributed by atoms with Gasteiger partial charge in [0.2, 0.25) is 5.88 Å². The van der Waals surface area contributed by atoms with Crippen molar-refractivity contribution in [3.8, 4) is 5.88 Å². The van der Waals surface area contributed by atoms with E-state index in [-0.39, 0.29) is 5.25 Å². The van der Waals surface area contributed by atoms with Crippen molar-refractivity contribution in [3.63, 3.8) is 0 Å². The minimum absolute atomic E-state index is 0.285. The van der Waals surface area contributed by atoms with E-state index in [1.807, 2.05) is 6.26 Å². The Morgan fingerprint density at radius 3 is 2.62 bits per heavy atom. The summed E-state index contributed by atoms with van der Waals surface area (Å²) >= 11 is 3.27. The molecule has 1 unspecified atom stereocenters. The van der Waals surface area contributed by atoms with Gasteiger partial charge in [0.1, 0.15) is 5.03 Å². The predicted molar refractivity (Wildman–Crippen MR) is 89.2 cm³/mol. The molecule has 0 aliphatic carbocycles. The van der Waals surface area contributed by atoms with Gasteiger partial charge in [-0.25, -0.2) is 4.98 Å². The van der Waals surface area contributed by atoms with Crippen LogP contribution in [0.5, 0.6) is 5.88 Å². The van der Waals surface area contributed by atoms with E-state index in [0.29, 0.717) is 5.88 Å². The second kappa shape index (κ2) is 6.12. The number of benzene rings is 1. The van der Waals surface area contributed by atoms with Crippen LogP contribution in [0, 0.1) is 6.92 Å². The fourth-order valence-corrected chi connectivity index (χ4v) is 3.70. The molecule has 1 atom stereocenters. The van der Waals surface area contributed by atoms with Crippen LogP contribution in [0.3, 0.4) is 0 Å². The van der Waals surface area contributed by atoms with Gasteiger partial charge in [-0.15, -0.1) is 0 Å². The molecule has 0 saturated heterocycles. The zero-order chi connectivity index (χ0) is 14.8. The predicted octanol–water partition coefficient (Wildman–Crippen LogP) is 4.38. The van der Waals surface area contributed by atoms with E-state index < -0.39 is 0 Å². The van der Waals surface area contributed by atoms with E-state index in [2.05, 4.69) is 53.3 Å². The monoisotopic (exact) mass is 316 g/mol. The number of aryl methyl sites for hydroxylation is 1. The molecule has 0 radical (unpaired) electrons. The first kappa shape index (κ1) is 14.5. The van der Waals surface area contributed by atoms with Gasteiger partial charge in [-0.2, -0.15) is 4.98 Å². The van der Waals surface area contributed by atoms with Gasteiger partial charge in [-0.1, -0.05) is 59.4 Å². The standard InChI is InChI=1S/C16H16N2OS2/c1-10-4-6-11(7-5-10)13-9-8-12-14(19-2)17-16(20-3)18-15(12)21-13/h4-9,13H,1-3H3. The van der Waals surface area contributed by atoms with Crippen LogP contribution >= 0.6 is 23.5 Å². The van der Waals surface area contributed by atoms with Gasteiger partial charge in [0, 0.05) is 0 Å². The molecule has 0 amide bonds. The van der Waals surface area contributed by atoms with Crippen LogP contribution in [0.1, 0.15) is 21.9 Å². The number of ether oxygens (including phenoxy) is 1. The van der Waals surface area contributed by atoms with E-state index in [1.54, 1.807) is 18.9 Å². The molecule has 21 heavy (non-hydrogen) atoms. The largest absolute Gasteiger partial charge is 0.480 e. The van der Waals surface area contributed by atoms with Crippen LogP contribution in [-0.4, -0.2) is 23.3 Å². The summed E-state index contributed by atoms with van der Waals surface area (Å²) in [7, 11) is 1.65.